The molecular weight excluding hydrogens is 978 g/mol. The Hall–Kier alpha value is -10.5. The molecule has 0 saturated carbocycles. The lowest BCUT2D eigenvalue weighted by Gasteiger charge is -2.35. The second-order valence-corrected chi connectivity index (χ2v) is 21.4. The lowest BCUT2D eigenvalue weighted by Crippen LogP contribution is -2.58. The monoisotopic (exact) mass is 1030 g/mol. The standard InChI is InChI=1S/C78H50BNO/c1-6-24-51(25-7-1)57-49-74-76-75(50-57)81-78-70(67-41-23-22-37-63(67)55-32-14-5-15-33-55)46-59(66-40-21-18-36-62(66)54-30-12-4-13-31-54)48-72(78)79(76)71-47-58(65-39-20-17-35-61(65)53-28-10-3-11-29-53)45-69-68-44-56(42-43-73(68)80(74)77(69)71)64-38-19-16-34-60(64)52-26-8-2-9-27-52/h1-50H. The minimum absolute atomic E-state index is 0.225. The Balaban J connectivity index is 1.04. The van der Waals surface area contributed by atoms with Crippen LogP contribution in [0.5, 0.6) is 11.5 Å². The van der Waals surface area contributed by atoms with Crippen molar-refractivity contribution < 1.29 is 4.74 Å². The zero-order valence-corrected chi connectivity index (χ0v) is 44.3. The third kappa shape index (κ3) is 7.73. The first-order valence-electron chi connectivity index (χ1n) is 28.0. The first-order valence-corrected chi connectivity index (χ1v) is 28.0. The van der Waals surface area contributed by atoms with Gasteiger partial charge in [-0.05, 0) is 147 Å². The highest BCUT2D eigenvalue weighted by atomic mass is 16.5. The average molecular weight is 1030 g/mol. The molecule has 0 spiro atoms. The maximum Gasteiger partial charge on any atom is 0.256 e. The number of hydrogen-bond donors (Lipinski definition) is 0. The Morgan fingerprint density at radius 3 is 1.16 bits per heavy atom. The van der Waals surface area contributed by atoms with Crippen LogP contribution in [0.15, 0.2) is 303 Å². The molecular formula is C78H50BNO. The van der Waals surface area contributed by atoms with E-state index in [9.17, 15) is 0 Å². The fourth-order valence-electron chi connectivity index (χ4n) is 13.3. The maximum absolute atomic E-state index is 7.78. The van der Waals surface area contributed by atoms with Gasteiger partial charge in [-0.3, -0.25) is 0 Å². The van der Waals surface area contributed by atoms with Gasteiger partial charge in [0.15, 0.2) is 0 Å². The molecule has 0 N–H and O–H groups in total. The number of rotatable bonds is 9. The topological polar surface area (TPSA) is 14.2 Å². The van der Waals surface area contributed by atoms with Crippen LogP contribution in [0.25, 0.3) is 128 Å². The van der Waals surface area contributed by atoms with E-state index in [4.69, 9.17) is 4.74 Å². The molecule has 3 heterocycles. The van der Waals surface area contributed by atoms with E-state index in [0.717, 1.165) is 72.6 Å². The minimum Gasteiger partial charge on any atom is -0.458 e. The quantitative estimate of drug-likeness (QED) is 0.131. The van der Waals surface area contributed by atoms with E-state index in [-0.39, 0.29) is 6.71 Å². The Labute approximate surface area is 472 Å². The summed E-state index contributed by atoms with van der Waals surface area (Å²) in [6.07, 6.45) is 0. The zero-order valence-electron chi connectivity index (χ0n) is 44.3. The number of nitrogens with zero attached hydrogens (tertiary/aromatic N) is 1. The molecule has 2 aliphatic heterocycles. The smallest absolute Gasteiger partial charge is 0.256 e. The second kappa shape index (κ2) is 19.2. The van der Waals surface area contributed by atoms with Crippen LogP contribution in [0.2, 0.25) is 0 Å². The zero-order chi connectivity index (χ0) is 53.4. The summed E-state index contributed by atoms with van der Waals surface area (Å²) in [5.74, 6) is 1.74. The van der Waals surface area contributed by atoms with Crippen LogP contribution in [0, 0.1) is 0 Å². The van der Waals surface area contributed by atoms with Gasteiger partial charge in [-0.1, -0.05) is 267 Å². The number of fused-ring (bicyclic) bond motifs is 7. The Kier molecular flexibility index (Phi) is 11.0. The highest BCUT2D eigenvalue weighted by Gasteiger charge is 2.43. The molecule has 2 nitrogen and oxygen atoms in total. The largest absolute Gasteiger partial charge is 0.458 e. The maximum atomic E-state index is 7.78. The van der Waals surface area contributed by atoms with Crippen molar-refractivity contribution in [3.05, 3.63) is 303 Å². The SMILES string of the molecule is c1ccc(-c2cc3c4c(c2)-n2c5ccc(-c6ccccc6-c6ccccc6)cc5c5cc(-c6ccccc6-c6ccccc6)cc(c52)B4c2cc(-c4ccccc4-c4ccccc4)cc(-c4ccccc4-c4ccccc4)c2O3)cc1. The predicted octanol–water partition coefficient (Wildman–Crippen LogP) is 18.7. The van der Waals surface area contributed by atoms with Crippen LogP contribution in [0.1, 0.15) is 0 Å². The Morgan fingerprint density at radius 1 is 0.259 bits per heavy atom. The lowest BCUT2D eigenvalue weighted by molar-refractivity contribution is 0.489. The molecule has 0 unspecified atom stereocenters. The van der Waals surface area contributed by atoms with Crippen LogP contribution in [0.4, 0.5) is 0 Å². The summed E-state index contributed by atoms with van der Waals surface area (Å²) >= 11 is 0. The van der Waals surface area contributed by atoms with Gasteiger partial charge < -0.3 is 9.30 Å². The molecule has 3 heteroatoms. The van der Waals surface area contributed by atoms with Crippen LogP contribution in [-0.4, -0.2) is 11.3 Å². The molecule has 0 amide bonds. The van der Waals surface area contributed by atoms with Crippen molar-refractivity contribution in [2.24, 2.45) is 0 Å². The summed E-state index contributed by atoms with van der Waals surface area (Å²) in [6, 6.07) is 111. The van der Waals surface area contributed by atoms with Gasteiger partial charge in [0.2, 0.25) is 0 Å². The summed E-state index contributed by atoms with van der Waals surface area (Å²) in [5.41, 5.74) is 27.9. The van der Waals surface area contributed by atoms with E-state index in [1.165, 1.54) is 82.9 Å². The third-order valence-electron chi connectivity index (χ3n) is 16.9. The van der Waals surface area contributed by atoms with E-state index in [2.05, 4.69) is 308 Å². The van der Waals surface area contributed by atoms with Crippen LogP contribution >= 0.6 is 0 Å². The van der Waals surface area contributed by atoms with Crippen molar-refractivity contribution in [1.29, 1.82) is 0 Å². The number of ether oxygens (including phenoxy) is 1. The van der Waals surface area contributed by atoms with Gasteiger partial charge in [-0.25, -0.2) is 0 Å². The fraction of sp³-hybridized carbons (Fsp3) is 0. The summed E-state index contributed by atoms with van der Waals surface area (Å²) in [6.45, 7) is -0.225. The molecule has 0 radical (unpaired) electrons. The van der Waals surface area contributed by atoms with E-state index >= 15 is 0 Å². The van der Waals surface area contributed by atoms with Gasteiger partial charge in [0.05, 0.1) is 5.52 Å². The van der Waals surface area contributed by atoms with Gasteiger partial charge in [0.25, 0.3) is 6.71 Å². The summed E-state index contributed by atoms with van der Waals surface area (Å²) in [4.78, 5) is 0. The molecule has 0 saturated heterocycles. The summed E-state index contributed by atoms with van der Waals surface area (Å²) < 4.78 is 10.3. The number of aromatic nitrogens is 1. The summed E-state index contributed by atoms with van der Waals surface area (Å²) in [5, 5.41) is 2.41. The molecule has 0 aliphatic carbocycles. The van der Waals surface area contributed by atoms with Gasteiger partial charge >= 0.3 is 0 Å². The van der Waals surface area contributed by atoms with E-state index in [1.54, 1.807) is 0 Å². The van der Waals surface area contributed by atoms with Crippen molar-refractivity contribution in [2.45, 2.75) is 0 Å². The minimum atomic E-state index is -0.225. The van der Waals surface area contributed by atoms with Crippen molar-refractivity contribution in [3.63, 3.8) is 0 Å². The highest BCUT2D eigenvalue weighted by Crippen LogP contribution is 2.48. The molecule has 1 aromatic heterocycles. The molecule has 2 aliphatic rings. The molecule has 0 bridgehead atoms. The Bertz CT molecular complexity index is 4760. The van der Waals surface area contributed by atoms with Crippen LogP contribution in [-0.2, 0) is 0 Å². The van der Waals surface area contributed by atoms with Crippen molar-refractivity contribution >= 4 is 44.9 Å². The Morgan fingerprint density at radius 2 is 0.654 bits per heavy atom. The fourth-order valence-corrected chi connectivity index (χ4v) is 13.3. The van der Waals surface area contributed by atoms with Crippen molar-refractivity contribution in [2.75, 3.05) is 0 Å². The van der Waals surface area contributed by atoms with Crippen molar-refractivity contribution in [1.82, 2.24) is 4.57 Å². The van der Waals surface area contributed by atoms with Crippen LogP contribution in [0.3, 0.4) is 0 Å². The van der Waals surface area contributed by atoms with Gasteiger partial charge in [0.1, 0.15) is 11.5 Å². The molecule has 376 valence electrons. The molecule has 14 aromatic rings. The van der Waals surface area contributed by atoms with Gasteiger partial charge in [0, 0.05) is 27.5 Å². The molecule has 0 atom stereocenters. The van der Waals surface area contributed by atoms with E-state index < -0.39 is 0 Å². The molecule has 81 heavy (non-hydrogen) atoms. The number of benzene rings is 13. The van der Waals surface area contributed by atoms with Gasteiger partial charge in [-0.15, -0.1) is 0 Å². The molecule has 13 aromatic carbocycles. The highest BCUT2D eigenvalue weighted by molar-refractivity contribution is 6.99. The van der Waals surface area contributed by atoms with E-state index in [1.807, 2.05) is 0 Å². The lowest BCUT2D eigenvalue weighted by atomic mass is 9.34. The average Bonchev–Trinajstić information content (AvgIpc) is 3.03. The van der Waals surface area contributed by atoms with E-state index in [0.29, 0.717) is 0 Å². The normalized spacial score (nSPS) is 12.0. The van der Waals surface area contributed by atoms with Crippen molar-refractivity contribution in [3.8, 4) is 117 Å². The molecule has 16 rings (SSSR count). The van der Waals surface area contributed by atoms with Crippen LogP contribution < -0.4 is 21.1 Å². The number of hydrogen-bond acceptors (Lipinski definition) is 1. The predicted molar refractivity (Wildman–Crippen MR) is 341 cm³/mol. The van der Waals surface area contributed by atoms with Gasteiger partial charge in [-0.2, -0.15) is 0 Å². The first kappa shape index (κ1) is 46.6. The molecule has 0 fully saturated rings. The second-order valence-electron chi connectivity index (χ2n) is 21.4. The third-order valence-corrected chi connectivity index (χ3v) is 16.9. The summed E-state index contributed by atoms with van der Waals surface area (Å²) in [7, 11) is 0. The first-order chi connectivity index (χ1) is 40.2.